The lowest BCUT2D eigenvalue weighted by Gasteiger charge is -2.17. The van der Waals surface area contributed by atoms with Crippen molar-refractivity contribution < 1.29 is 4.79 Å². The highest BCUT2D eigenvalue weighted by Gasteiger charge is 2.27. The van der Waals surface area contributed by atoms with Crippen molar-refractivity contribution in [2.45, 2.75) is 12.5 Å². The molecule has 0 spiro atoms. The molecule has 1 fully saturated rings. The Hall–Kier alpha value is -2.94. The molecule has 0 radical (unpaired) electrons. The van der Waals surface area contributed by atoms with Gasteiger partial charge in [0.1, 0.15) is 17.6 Å². The molecule has 1 atom stereocenters. The molecule has 0 saturated carbocycles. The molecule has 1 N–H and O–H groups in total. The first kappa shape index (κ1) is 14.0. The molecule has 1 amide bonds. The maximum absolute atomic E-state index is 12.3. The average Bonchev–Trinajstić information content (AvgIpc) is 3.04. The van der Waals surface area contributed by atoms with Gasteiger partial charge in [0.2, 0.25) is 0 Å². The van der Waals surface area contributed by atoms with Gasteiger partial charge in [0, 0.05) is 31.5 Å². The van der Waals surface area contributed by atoms with Gasteiger partial charge >= 0.3 is 0 Å². The monoisotopic (exact) mass is 293 g/mol. The maximum atomic E-state index is 12.3. The van der Waals surface area contributed by atoms with Crippen LogP contribution in [0.1, 0.15) is 22.5 Å². The first-order valence-corrected chi connectivity index (χ1v) is 7.09. The Balaban J connectivity index is 1.60. The summed E-state index contributed by atoms with van der Waals surface area (Å²) in [5.41, 5.74) is 1.00. The van der Waals surface area contributed by atoms with Gasteiger partial charge in [-0.05, 0) is 30.7 Å². The van der Waals surface area contributed by atoms with Crippen LogP contribution >= 0.6 is 0 Å². The van der Waals surface area contributed by atoms with Crippen molar-refractivity contribution in [2.75, 3.05) is 18.4 Å². The highest BCUT2D eigenvalue weighted by Crippen LogP contribution is 2.16. The van der Waals surface area contributed by atoms with Crippen molar-refractivity contribution in [3.05, 3.63) is 54.0 Å². The molecular formula is C16H15N5O. The number of hydrogen-bond acceptors (Lipinski definition) is 5. The van der Waals surface area contributed by atoms with E-state index >= 15 is 0 Å². The summed E-state index contributed by atoms with van der Waals surface area (Å²) in [5.74, 6) is 0.675. The van der Waals surface area contributed by atoms with E-state index in [0.29, 0.717) is 24.3 Å². The number of nitrogens with one attached hydrogen (secondary N) is 1. The Bertz CT molecular complexity index is 693. The first-order chi connectivity index (χ1) is 10.8. The largest absolute Gasteiger partial charge is 0.365 e. The molecule has 110 valence electrons. The zero-order valence-electron chi connectivity index (χ0n) is 11.9. The van der Waals surface area contributed by atoms with E-state index < -0.39 is 0 Å². The Kier molecular flexibility index (Phi) is 3.97. The predicted molar refractivity (Wildman–Crippen MR) is 81.1 cm³/mol. The number of hydrogen-bond donors (Lipinski definition) is 1. The second-order valence-corrected chi connectivity index (χ2v) is 5.14. The fourth-order valence-corrected chi connectivity index (χ4v) is 2.47. The number of anilines is 1. The SMILES string of the molecule is N#Cc1ccc(NC2CCN(C(=O)c3ccccn3)C2)nc1. The van der Waals surface area contributed by atoms with Crippen LogP contribution in [-0.4, -0.2) is 39.9 Å². The highest BCUT2D eigenvalue weighted by molar-refractivity contribution is 5.92. The lowest BCUT2D eigenvalue weighted by molar-refractivity contribution is 0.0786. The number of carbonyl (C=O) groups excluding carboxylic acids is 1. The average molecular weight is 293 g/mol. The molecule has 22 heavy (non-hydrogen) atoms. The molecule has 1 saturated heterocycles. The van der Waals surface area contributed by atoms with E-state index in [1.807, 2.05) is 12.1 Å². The van der Waals surface area contributed by atoms with Crippen molar-refractivity contribution in [1.29, 1.82) is 5.26 Å². The van der Waals surface area contributed by atoms with Gasteiger partial charge < -0.3 is 10.2 Å². The summed E-state index contributed by atoms with van der Waals surface area (Å²) in [4.78, 5) is 22.4. The third kappa shape index (κ3) is 3.04. The zero-order chi connectivity index (χ0) is 15.4. The summed E-state index contributed by atoms with van der Waals surface area (Å²) in [6, 6.07) is 11.0. The van der Waals surface area contributed by atoms with Gasteiger partial charge in [-0.15, -0.1) is 0 Å². The van der Waals surface area contributed by atoms with Crippen LogP contribution in [0.5, 0.6) is 0 Å². The molecule has 2 aromatic rings. The minimum Gasteiger partial charge on any atom is -0.365 e. The summed E-state index contributed by atoms with van der Waals surface area (Å²) < 4.78 is 0. The molecule has 2 aromatic heterocycles. The maximum Gasteiger partial charge on any atom is 0.272 e. The van der Waals surface area contributed by atoms with E-state index in [4.69, 9.17) is 5.26 Å². The van der Waals surface area contributed by atoms with E-state index in [1.54, 1.807) is 35.4 Å². The fourth-order valence-electron chi connectivity index (χ4n) is 2.47. The van der Waals surface area contributed by atoms with Gasteiger partial charge in [-0.25, -0.2) is 4.98 Å². The van der Waals surface area contributed by atoms with Crippen LogP contribution in [0.25, 0.3) is 0 Å². The molecule has 0 aromatic carbocycles. The Labute approximate surface area is 128 Å². The molecular weight excluding hydrogens is 278 g/mol. The van der Waals surface area contributed by atoms with Crippen LogP contribution in [0, 0.1) is 11.3 Å². The van der Waals surface area contributed by atoms with Gasteiger partial charge in [0.05, 0.1) is 5.56 Å². The molecule has 6 heteroatoms. The van der Waals surface area contributed by atoms with E-state index in [-0.39, 0.29) is 11.9 Å². The zero-order valence-corrected chi connectivity index (χ0v) is 11.9. The summed E-state index contributed by atoms with van der Waals surface area (Å²) >= 11 is 0. The number of nitrogens with zero attached hydrogens (tertiary/aromatic N) is 4. The van der Waals surface area contributed by atoms with Gasteiger partial charge in [-0.2, -0.15) is 5.26 Å². The Morgan fingerprint density at radius 2 is 2.23 bits per heavy atom. The van der Waals surface area contributed by atoms with Gasteiger partial charge in [0.25, 0.3) is 5.91 Å². The van der Waals surface area contributed by atoms with Crippen molar-refractivity contribution in [3.63, 3.8) is 0 Å². The minimum atomic E-state index is -0.0438. The lowest BCUT2D eigenvalue weighted by Crippen LogP contribution is -2.32. The Morgan fingerprint density at radius 3 is 2.91 bits per heavy atom. The van der Waals surface area contributed by atoms with Crippen LogP contribution in [0.15, 0.2) is 42.7 Å². The number of pyridine rings is 2. The van der Waals surface area contributed by atoms with Crippen LogP contribution in [0.3, 0.4) is 0 Å². The molecule has 1 unspecified atom stereocenters. The van der Waals surface area contributed by atoms with Gasteiger partial charge in [0.15, 0.2) is 0 Å². The first-order valence-electron chi connectivity index (χ1n) is 7.09. The molecule has 3 rings (SSSR count). The van der Waals surface area contributed by atoms with E-state index in [2.05, 4.69) is 15.3 Å². The normalized spacial score (nSPS) is 17.0. The third-order valence-electron chi connectivity index (χ3n) is 3.60. The number of carbonyl (C=O) groups is 1. The molecule has 0 aliphatic carbocycles. The standard InChI is InChI=1S/C16H15N5O/c17-9-12-4-5-15(19-10-12)20-13-6-8-21(11-13)16(22)14-3-1-2-7-18-14/h1-5,7,10,13H,6,8,11H2,(H,19,20). The lowest BCUT2D eigenvalue weighted by atomic mass is 10.2. The summed E-state index contributed by atoms with van der Waals surface area (Å²) in [5, 5.41) is 12.0. The highest BCUT2D eigenvalue weighted by atomic mass is 16.2. The topological polar surface area (TPSA) is 81.9 Å². The number of likely N-dealkylation sites (tertiary alicyclic amines) is 1. The number of rotatable bonds is 3. The third-order valence-corrected chi connectivity index (χ3v) is 3.60. The molecule has 1 aliphatic heterocycles. The summed E-state index contributed by atoms with van der Waals surface area (Å²) in [6.07, 6.45) is 4.02. The number of amides is 1. The second kappa shape index (κ2) is 6.22. The van der Waals surface area contributed by atoms with Crippen LogP contribution in [0.2, 0.25) is 0 Å². The summed E-state index contributed by atoms with van der Waals surface area (Å²) in [7, 11) is 0. The molecule has 6 nitrogen and oxygen atoms in total. The minimum absolute atomic E-state index is 0.0438. The van der Waals surface area contributed by atoms with E-state index in [0.717, 1.165) is 12.2 Å². The van der Waals surface area contributed by atoms with Crippen LogP contribution in [0.4, 0.5) is 5.82 Å². The smallest absolute Gasteiger partial charge is 0.272 e. The van der Waals surface area contributed by atoms with Gasteiger partial charge in [-0.3, -0.25) is 9.78 Å². The van der Waals surface area contributed by atoms with Crippen LogP contribution < -0.4 is 5.32 Å². The number of aromatic nitrogens is 2. The number of nitriles is 1. The van der Waals surface area contributed by atoms with E-state index in [9.17, 15) is 4.79 Å². The van der Waals surface area contributed by atoms with Crippen molar-refractivity contribution in [1.82, 2.24) is 14.9 Å². The van der Waals surface area contributed by atoms with Crippen molar-refractivity contribution in [3.8, 4) is 6.07 Å². The van der Waals surface area contributed by atoms with Crippen molar-refractivity contribution in [2.24, 2.45) is 0 Å². The molecule has 3 heterocycles. The van der Waals surface area contributed by atoms with Crippen molar-refractivity contribution >= 4 is 11.7 Å². The molecule has 1 aliphatic rings. The molecule has 0 bridgehead atoms. The quantitative estimate of drug-likeness (QED) is 0.931. The van der Waals surface area contributed by atoms with Crippen LogP contribution in [-0.2, 0) is 0 Å². The predicted octanol–water partition coefficient (Wildman–Crippen LogP) is 1.67. The summed E-state index contributed by atoms with van der Waals surface area (Å²) in [6.45, 7) is 1.32. The second-order valence-electron chi connectivity index (χ2n) is 5.14. The Morgan fingerprint density at radius 1 is 1.32 bits per heavy atom. The van der Waals surface area contributed by atoms with E-state index in [1.165, 1.54) is 6.20 Å². The fraction of sp³-hybridized carbons (Fsp3) is 0.250. The van der Waals surface area contributed by atoms with Gasteiger partial charge in [-0.1, -0.05) is 6.07 Å².